The monoisotopic (exact) mass is 331 g/mol. The van der Waals surface area contributed by atoms with Crippen molar-refractivity contribution in [1.82, 2.24) is 5.32 Å². The Morgan fingerprint density at radius 2 is 1.91 bits per heavy atom. The molecule has 122 valence electrons. The second-order valence-corrected chi connectivity index (χ2v) is 6.01. The molecule has 0 fully saturated rings. The number of methoxy groups -OCH3 is 1. The molecule has 0 saturated heterocycles. The molecule has 1 N–H and O–H groups in total. The van der Waals surface area contributed by atoms with Crippen molar-refractivity contribution in [3.63, 3.8) is 0 Å². The van der Waals surface area contributed by atoms with Gasteiger partial charge < -0.3 is 10.1 Å². The molecule has 1 atom stereocenters. The van der Waals surface area contributed by atoms with Gasteiger partial charge in [0.15, 0.2) is 0 Å². The molecule has 0 heterocycles. The number of nitrogens with one attached hydrogen (secondary N) is 1. The van der Waals surface area contributed by atoms with Crippen LogP contribution in [0.2, 0.25) is 5.02 Å². The molecule has 0 aliphatic rings. The first kappa shape index (κ1) is 17.4. The van der Waals surface area contributed by atoms with E-state index in [9.17, 15) is 4.79 Å². The molecule has 0 saturated carbocycles. The van der Waals surface area contributed by atoms with Crippen LogP contribution in [-0.4, -0.2) is 13.0 Å². The summed E-state index contributed by atoms with van der Waals surface area (Å²) in [5.41, 5.74) is 3.11. The minimum Gasteiger partial charge on any atom is -0.496 e. The third-order valence-corrected chi connectivity index (χ3v) is 4.05. The molecule has 0 aromatic heterocycles. The van der Waals surface area contributed by atoms with E-state index in [2.05, 4.69) is 43.4 Å². The highest BCUT2D eigenvalue weighted by Gasteiger charge is 2.15. The molecule has 0 radical (unpaired) electrons. The fourth-order valence-corrected chi connectivity index (χ4v) is 2.72. The molecular weight excluding hydrogens is 310 g/mol. The average molecular weight is 332 g/mol. The molecule has 0 bridgehead atoms. The molecule has 3 nitrogen and oxygen atoms in total. The second kappa shape index (κ2) is 8.02. The van der Waals surface area contributed by atoms with Crippen LogP contribution >= 0.6 is 11.6 Å². The molecule has 2 aromatic carbocycles. The van der Waals surface area contributed by atoms with Crippen molar-refractivity contribution < 1.29 is 9.53 Å². The zero-order valence-electron chi connectivity index (χ0n) is 13.7. The third-order valence-electron chi connectivity index (χ3n) is 3.82. The molecule has 4 heteroatoms. The van der Waals surface area contributed by atoms with Crippen LogP contribution in [0.15, 0.2) is 42.5 Å². The van der Waals surface area contributed by atoms with E-state index in [4.69, 9.17) is 16.3 Å². The van der Waals surface area contributed by atoms with Gasteiger partial charge in [0.05, 0.1) is 19.6 Å². The van der Waals surface area contributed by atoms with E-state index in [0.717, 1.165) is 17.5 Å². The fraction of sp³-hybridized carbons (Fsp3) is 0.316. The van der Waals surface area contributed by atoms with E-state index in [1.807, 2.05) is 0 Å². The maximum absolute atomic E-state index is 12.4. The second-order valence-electron chi connectivity index (χ2n) is 5.57. The molecule has 0 aliphatic carbocycles. The molecule has 1 amide bonds. The lowest BCUT2D eigenvalue weighted by Crippen LogP contribution is -2.29. The summed E-state index contributed by atoms with van der Waals surface area (Å²) in [6, 6.07) is 13.5. The maximum Gasteiger partial charge on any atom is 0.225 e. The van der Waals surface area contributed by atoms with Crippen molar-refractivity contribution in [3.05, 3.63) is 64.2 Å². The number of hydrogen-bond donors (Lipinski definition) is 1. The number of carbonyl (C=O) groups excluding carboxylic acids is 1. The SMILES string of the molecule is CC[C@H](NC(=O)Cc1cc(Cl)ccc1OC)c1ccc(C)cc1. The van der Waals surface area contributed by atoms with Gasteiger partial charge in [0, 0.05) is 10.6 Å². The van der Waals surface area contributed by atoms with Gasteiger partial charge in [-0.2, -0.15) is 0 Å². The molecule has 2 aromatic rings. The van der Waals surface area contributed by atoms with Crippen LogP contribution in [0.25, 0.3) is 0 Å². The molecule has 2 rings (SSSR count). The van der Waals surface area contributed by atoms with Gasteiger partial charge in [-0.3, -0.25) is 4.79 Å². The summed E-state index contributed by atoms with van der Waals surface area (Å²) in [5.74, 6) is 0.630. The third kappa shape index (κ3) is 4.73. The Morgan fingerprint density at radius 1 is 1.22 bits per heavy atom. The standard InChI is InChI=1S/C19H22ClNO2/c1-4-17(14-7-5-13(2)6-8-14)21-19(22)12-15-11-16(20)9-10-18(15)23-3/h5-11,17H,4,12H2,1-3H3,(H,21,22)/t17-/m0/s1. The van der Waals surface area contributed by atoms with Gasteiger partial charge in [-0.05, 0) is 37.1 Å². The summed E-state index contributed by atoms with van der Waals surface area (Å²) >= 11 is 6.01. The summed E-state index contributed by atoms with van der Waals surface area (Å²) in [6.45, 7) is 4.11. The van der Waals surface area contributed by atoms with Gasteiger partial charge in [0.25, 0.3) is 0 Å². The van der Waals surface area contributed by atoms with Gasteiger partial charge in [0.2, 0.25) is 5.91 Å². The number of benzene rings is 2. The lowest BCUT2D eigenvalue weighted by Gasteiger charge is -2.18. The maximum atomic E-state index is 12.4. The number of aryl methyl sites for hydroxylation is 1. The zero-order chi connectivity index (χ0) is 16.8. The van der Waals surface area contributed by atoms with Crippen molar-refractivity contribution in [2.45, 2.75) is 32.7 Å². The van der Waals surface area contributed by atoms with Crippen molar-refractivity contribution in [1.29, 1.82) is 0 Å². The first-order chi connectivity index (χ1) is 11.0. The number of carbonyl (C=O) groups is 1. The summed E-state index contributed by atoms with van der Waals surface area (Å²) in [5, 5.41) is 3.68. The zero-order valence-corrected chi connectivity index (χ0v) is 14.5. The number of amides is 1. The molecule has 0 unspecified atom stereocenters. The number of ether oxygens (including phenoxy) is 1. The molecule has 23 heavy (non-hydrogen) atoms. The summed E-state index contributed by atoms with van der Waals surface area (Å²) < 4.78 is 5.29. The first-order valence-electron chi connectivity index (χ1n) is 7.71. The van der Waals surface area contributed by atoms with Crippen molar-refractivity contribution in [2.24, 2.45) is 0 Å². The van der Waals surface area contributed by atoms with Crippen LogP contribution in [0.4, 0.5) is 0 Å². The van der Waals surface area contributed by atoms with E-state index in [-0.39, 0.29) is 18.4 Å². The number of hydrogen-bond acceptors (Lipinski definition) is 2. The molecule has 0 spiro atoms. The minimum atomic E-state index is -0.0435. The lowest BCUT2D eigenvalue weighted by molar-refractivity contribution is -0.121. The van der Waals surface area contributed by atoms with E-state index < -0.39 is 0 Å². The molecule has 0 aliphatic heterocycles. The Kier molecular flexibility index (Phi) is 6.05. The molecular formula is C19H22ClNO2. The Balaban J connectivity index is 2.08. The fourth-order valence-electron chi connectivity index (χ4n) is 2.52. The van der Waals surface area contributed by atoms with Crippen LogP contribution in [0.3, 0.4) is 0 Å². The smallest absolute Gasteiger partial charge is 0.225 e. The van der Waals surface area contributed by atoms with Crippen LogP contribution in [-0.2, 0) is 11.2 Å². The Bertz CT molecular complexity index is 668. The quantitative estimate of drug-likeness (QED) is 0.848. The van der Waals surface area contributed by atoms with Gasteiger partial charge >= 0.3 is 0 Å². The summed E-state index contributed by atoms with van der Waals surface area (Å²) in [6.07, 6.45) is 1.08. The highest BCUT2D eigenvalue weighted by Crippen LogP contribution is 2.24. The largest absolute Gasteiger partial charge is 0.496 e. The Labute approximate surface area is 142 Å². The van der Waals surface area contributed by atoms with Gasteiger partial charge in [-0.25, -0.2) is 0 Å². The van der Waals surface area contributed by atoms with Crippen molar-refractivity contribution >= 4 is 17.5 Å². The average Bonchev–Trinajstić information content (AvgIpc) is 2.54. The van der Waals surface area contributed by atoms with Gasteiger partial charge in [0.1, 0.15) is 5.75 Å². The van der Waals surface area contributed by atoms with E-state index >= 15 is 0 Å². The lowest BCUT2D eigenvalue weighted by atomic mass is 10.0. The summed E-state index contributed by atoms with van der Waals surface area (Å²) in [4.78, 5) is 12.4. The summed E-state index contributed by atoms with van der Waals surface area (Å²) in [7, 11) is 1.59. The van der Waals surface area contributed by atoms with Gasteiger partial charge in [-0.15, -0.1) is 0 Å². The Hall–Kier alpha value is -2.00. The minimum absolute atomic E-state index is 0.00767. The highest BCUT2D eigenvalue weighted by atomic mass is 35.5. The predicted molar refractivity (Wildman–Crippen MR) is 94.1 cm³/mol. The van der Waals surface area contributed by atoms with Crippen molar-refractivity contribution in [2.75, 3.05) is 7.11 Å². The van der Waals surface area contributed by atoms with Crippen LogP contribution in [0, 0.1) is 6.92 Å². The van der Waals surface area contributed by atoms with E-state index in [0.29, 0.717) is 10.8 Å². The van der Waals surface area contributed by atoms with E-state index in [1.165, 1.54) is 5.56 Å². The highest BCUT2D eigenvalue weighted by molar-refractivity contribution is 6.30. The van der Waals surface area contributed by atoms with Crippen LogP contribution < -0.4 is 10.1 Å². The number of halogens is 1. The normalized spacial score (nSPS) is 11.8. The number of rotatable bonds is 6. The van der Waals surface area contributed by atoms with Gasteiger partial charge in [-0.1, -0.05) is 48.4 Å². The topological polar surface area (TPSA) is 38.3 Å². The van der Waals surface area contributed by atoms with Crippen LogP contribution in [0.5, 0.6) is 5.75 Å². The first-order valence-corrected chi connectivity index (χ1v) is 8.09. The predicted octanol–water partition coefficient (Wildman–Crippen LogP) is 4.47. The van der Waals surface area contributed by atoms with Crippen LogP contribution in [0.1, 0.15) is 36.1 Å². The van der Waals surface area contributed by atoms with Crippen molar-refractivity contribution in [3.8, 4) is 5.75 Å². The Morgan fingerprint density at radius 3 is 2.52 bits per heavy atom. The van der Waals surface area contributed by atoms with E-state index in [1.54, 1.807) is 25.3 Å².